The van der Waals surface area contributed by atoms with E-state index < -0.39 is 11.3 Å². The van der Waals surface area contributed by atoms with Gasteiger partial charge in [-0.05, 0) is 42.2 Å². The Bertz CT molecular complexity index is 796. The van der Waals surface area contributed by atoms with E-state index in [1.165, 1.54) is 17.7 Å². The molecule has 1 aliphatic heterocycles. The highest BCUT2D eigenvalue weighted by Gasteiger charge is 2.27. The lowest BCUT2D eigenvalue weighted by atomic mass is 9.92. The van der Waals surface area contributed by atoms with Crippen molar-refractivity contribution in [3.8, 4) is 11.5 Å². The largest absolute Gasteiger partial charge is 0.595 e. The minimum absolute atomic E-state index is 0.103. The summed E-state index contributed by atoms with van der Waals surface area (Å²) in [5.74, 6) is 1.42. The lowest BCUT2D eigenvalue weighted by Gasteiger charge is -2.37. The van der Waals surface area contributed by atoms with Crippen molar-refractivity contribution >= 4 is 5.69 Å². The first-order chi connectivity index (χ1) is 12.9. The molecule has 3 unspecified atom stereocenters. The highest BCUT2D eigenvalue weighted by Crippen LogP contribution is 2.38. The van der Waals surface area contributed by atoms with E-state index in [1.54, 1.807) is 26.4 Å². The van der Waals surface area contributed by atoms with Crippen molar-refractivity contribution in [3.05, 3.63) is 58.3 Å². The van der Waals surface area contributed by atoms with Crippen molar-refractivity contribution in [2.24, 2.45) is 0 Å². The van der Waals surface area contributed by atoms with Crippen LogP contribution in [0.5, 0.6) is 11.5 Å². The van der Waals surface area contributed by atoms with Gasteiger partial charge in [-0.15, -0.1) is 0 Å². The summed E-state index contributed by atoms with van der Waals surface area (Å²) in [5, 5.41) is 29.9. The van der Waals surface area contributed by atoms with Crippen LogP contribution in [0.15, 0.2) is 36.4 Å². The van der Waals surface area contributed by atoms with E-state index in [-0.39, 0.29) is 11.7 Å². The Morgan fingerprint density at radius 1 is 1.22 bits per heavy atom. The SMILES string of the molecule is COc1cc2c(cc1OC)C(C)N(CC(O)c1cccc([NH+]([O-])O)c1)CC2. The summed E-state index contributed by atoms with van der Waals surface area (Å²) < 4.78 is 10.8. The van der Waals surface area contributed by atoms with Crippen LogP contribution in [0.4, 0.5) is 5.69 Å². The molecule has 0 saturated carbocycles. The Hall–Kier alpha value is -2.16. The summed E-state index contributed by atoms with van der Waals surface area (Å²) in [7, 11) is 3.25. The number of benzene rings is 2. The van der Waals surface area contributed by atoms with Gasteiger partial charge in [-0.2, -0.15) is 5.23 Å². The Morgan fingerprint density at radius 3 is 2.59 bits per heavy atom. The maximum atomic E-state index is 11.2. The Kier molecular flexibility index (Phi) is 5.98. The number of methoxy groups -OCH3 is 2. The number of nitrogens with zero attached hydrogens (tertiary/aromatic N) is 1. The van der Waals surface area contributed by atoms with Gasteiger partial charge in [0.1, 0.15) is 0 Å². The minimum atomic E-state index is -0.995. The van der Waals surface area contributed by atoms with Crippen LogP contribution in [-0.4, -0.2) is 42.5 Å². The van der Waals surface area contributed by atoms with Crippen molar-refractivity contribution < 1.29 is 25.0 Å². The average Bonchev–Trinajstić information content (AvgIpc) is 2.69. The van der Waals surface area contributed by atoms with Gasteiger partial charge in [0.2, 0.25) is 0 Å². The van der Waals surface area contributed by atoms with Gasteiger partial charge in [-0.3, -0.25) is 4.90 Å². The van der Waals surface area contributed by atoms with Crippen LogP contribution >= 0.6 is 0 Å². The molecule has 1 heterocycles. The second kappa shape index (κ2) is 8.24. The molecule has 0 fully saturated rings. The predicted octanol–water partition coefficient (Wildman–Crippen LogP) is 1.76. The summed E-state index contributed by atoms with van der Waals surface area (Å²) in [5.41, 5.74) is 3.17. The standard InChI is InChI=1S/C20H26N2O5/c1-13-17-11-20(27-3)19(26-2)10-14(17)7-8-21(13)12-18(23)15-5-4-6-16(9-15)22(24)25/h4-6,9-11,13,18,22-24H,7-8,12H2,1-3H3. The average molecular weight is 374 g/mol. The topological polar surface area (TPSA) is 89.7 Å². The van der Waals surface area contributed by atoms with Gasteiger partial charge in [0.05, 0.1) is 20.3 Å². The van der Waals surface area contributed by atoms with Crippen LogP contribution in [0.1, 0.15) is 35.8 Å². The van der Waals surface area contributed by atoms with Gasteiger partial charge in [-0.25, -0.2) is 5.21 Å². The number of quaternary nitrogens is 1. The smallest absolute Gasteiger partial charge is 0.164 e. The van der Waals surface area contributed by atoms with Gasteiger partial charge < -0.3 is 19.8 Å². The summed E-state index contributed by atoms with van der Waals surface area (Å²) in [4.78, 5) is 2.20. The van der Waals surface area contributed by atoms with E-state index >= 15 is 0 Å². The van der Waals surface area contributed by atoms with E-state index in [9.17, 15) is 10.3 Å². The molecule has 3 N–H and O–H groups in total. The second-order valence-corrected chi connectivity index (χ2v) is 6.77. The molecule has 3 rings (SSSR count). The van der Waals surface area contributed by atoms with E-state index in [4.69, 9.17) is 14.7 Å². The van der Waals surface area contributed by atoms with E-state index in [1.807, 2.05) is 12.1 Å². The van der Waals surface area contributed by atoms with Crippen molar-refractivity contribution in [2.75, 3.05) is 27.3 Å². The van der Waals surface area contributed by atoms with Crippen LogP contribution in [0.2, 0.25) is 0 Å². The maximum Gasteiger partial charge on any atom is 0.164 e. The van der Waals surface area contributed by atoms with Gasteiger partial charge in [0, 0.05) is 31.3 Å². The monoisotopic (exact) mass is 374 g/mol. The highest BCUT2D eigenvalue weighted by atomic mass is 16.8. The van der Waals surface area contributed by atoms with Crippen molar-refractivity contribution in [1.82, 2.24) is 4.90 Å². The zero-order chi connectivity index (χ0) is 19.6. The Balaban J connectivity index is 1.79. The normalized spacial score (nSPS) is 19.3. The quantitative estimate of drug-likeness (QED) is 0.668. The molecule has 0 spiro atoms. The molecule has 7 nitrogen and oxygen atoms in total. The number of fused-ring (bicyclic) bond motifs is 1. The molecule has 0 amide bonds. The molecule has 0 aromatic heterocycles. The van der Waals surface area contributed by atoms with E-state index in [2.05, 4.69) is 11.8 Å². The molecule has 0 radical (unpaired) electrons. The molecule has 1 aliphatic rings. The summed E-state index contributed by atoms with van der Waals surface area (Å²) >= 11 is 0. The van der Waals surface area contributed by atoms with Crippen LogP contribution < -0.4 is 14.7 Å². The van der Waals surface area contributed by atoms with E-state index in [0.717, 1.165) is 24.3 Å². The Labute approximate surface area is 158 Å². The minimum Gasteiger partial charge on any atom is -0.595 e. The molecule has 2 aromatic rings. The van der Waals surface area contributed by atoms with Crippen molar-refractivity contribution in [1.29, 1.82) is 0 Å². The maximum absolute atomic E-state index is 11.2. The molecule has 0 saturated heterocycles. The molecule has 3 atom stereocenters. The second-order valence-electron chi connectivity index (χ2n) is 6.77. The first-order valence-corrected chi connectivity index (χ1v) is 8.94. The van der Waals surface area contributed by atoms with Gasteiger partial charge >= 0.3 is 0 Å². The van der Waals surface area contributed by atoms with Crippen LogP contribution in [-0.2, 0) is 6.42 Å². The zero-order valence-electron chi connectivity index (χ0n) is 15.8. The number of nitrogens with one attached hydrogen (secondary N) is 1. The van der Waals surface area contributed by atoms with Crippen molar-refractivity contribution in [3.63, 3.8) is 0 Å². The van der Waals surface area contributed by atoms with Crippen LogP contribution in [0.3, 0.4) is 0 Å². The first kappa shape index (κ1) is 19.6. The highest BCUT2D eigenvalue weighted by molar-refractivity contribution is 5.49. The number of rotatable bonds is 6. The number of hydrogen-bond donors (Lipinski definition) is 3. The van der Waals surface area contributed by atoms with E-state index in [0.29, 0.717) is 17.9 Å². The molecule has 146 valence electrons. The number of aliphatic hydroxyl groups is 1. The molecule has 0 aliphatic carbocycles. The lowest BCUT2D eigenvalue weighted by molar-refractivity contribution is -0.991. The summed E-state index contributed by atoms with van der Waals surface area (Å²) in [6.07, 6.45) is 0.0930. The number of ether oxygens (including phenoxy) is 2. The molecule has 2 aromatic carbocycles. The van der Waals surface area contributed by atoms with Gasteiger partial charge in [0.15, 0.2) is 17.2 Å². The van der Waals surface area contributed by atoms with Gasteiger partial charge in [-0.1, -0.05) is 12.1 Å². The predicted molar refractivity (Wildman–Crippen MR) is 100 cm³/mol. The lowest BCUT2D eigenvalue weighted by Crippen LogP contribution is -2.99. The molecular weight excluding hydrogens is 348 g/mol. The molecule has 27 heavy (non-hydrogen) atoms. The first-order valence-electron chi connectivity index (χ1n) is 8.94. The fraction of sp³-hybridized carbons (Fsp3) is 0.400. The van der Waals surface area contributed by atoms with Crippen LogP contribution in [0, 0.1) is 5.21 Å². The van der Waals surface area contributed by atoms with Crippen LogP contribution in [0.25, 0.3) is 0 Å². The third-order valence-corrected chi connectivity index (χ3v) is 5.24. The van der Waals surface area contributed by atoms with Gasteiger partial charge in [0.25, 0.3) is 0 Å². The fourth-order valence-corrected chi connectivity index (χ4v) is 3.65. The van der Waals surface area contributed by atoms with Crippen molar-refractivity contribution in [2.45, 2.75) is 25.5 Å². The number of β-amino-alcohol motifs (C(OH)–C–C–N with tert-alkyl or cyclic N) is 1. The zero-order valence-corrected chi connectivity index (χ0v) is 15.8. The Morgan fingerprint density at radius 2 is 1.93 bits per heavy atom. The summed E-state index contributed by atoms with van der Waals surface area (Å²) in [6, 6.07) is 10.6. The molecule has 0 bridgehead atoms. The number of aliphatic hydroxyl groups excluding tert-OH is 1. The number of hydrogen-bond acceptors (Lipinski definition) is 6. The third kappa shape index (κ3) is 4.07. The molecular formula is C20H26N2O5. The fourth-order valence-electron chi connectivity index (χ4n) is 3.65. The summed E-state index contributed by atoms with van der Waals surface area (Å²) in [6.45, 7) is 3.33. The molecule has 7 heteroatoms. The third-order valence-electron chi connectivity index (χ3n) is 5.24.